The summed E-state index contributed by atoms with van der Waals surface area (Å²) in [7, 11) is 0. The van der Waals surface area contributed by atoms with Crippen LogP contribution in [-0.2, 0) is 22.4 Å². The summed E-state index contributed by atoms with van der Waals surface area (Å²) in [4.78, 5) is 23.9. The van der Waals surface area contributed by atoms with Gasteiger partial charge >= 0.3 is 5.97 Å². The number of hydrogen-bond donors (Lipinski definition) is 1. The molecule has 3 rings (SSSR count). The quantitative estimate of drug-likeness (QED) is 0.803. The zero-order chi connectivity index (χ0) is 18.4. The molecule has 0 bridgehead atoms. The molecule has 5 heteroatoms. The van der Waals surface area contributed by atoms with Crippen LogP contribution < -0.4 is 10.1 Å². The molecule has 0 saturated heterocycles. The fourth-order valence-corrected chi connectivity index (χ4v) is 3.08. The molecule has 0 saturated carbocycles. The Morgan fingerprint density at radius 1 is 1.04 bits per heavy atom. The van der Waals surface area contributed by atoms with E-state index in [1.54, 1.807) is 31.2 Å². The summed E-state index contributed by atoms with van der Waals surface area (Å²) in [5.41, 5.74) is 3.63. The fourth-order valence-electron chi connectivity index (χ4n) is 3.08. The number of rotatable bonds is 6. The first-order chi connectivity index (χ1) is 12.7. The Bertz CT molecular complexity index is 800. The van der Waals surface area contributed by atoms with Crippen LogP contribution in [-0.4, -0.2) is 25.1 Å². The molecule has 0 spiro atoms. The van der Waals surface area contributed by atoms with E-state index in [0.717, 1.165) is 12.8 Å². The highest BCUT2D eigenvalue weighted by Crippen LogP contribution is 2.25. The van der Waals surface area contributed by atoms with Gasteiger partial charge in [0.25, 0.3) is 5.91 Å². The number of hydrogen-bond acceptors (Lipinski definition) is 4. The fraction of sp³-hybridized carbons (Fsp3) is 0.333. The number of amides is 1. The van der Waals surface area contributed by atoms with Crippen molar-refractivity contribution in [2.24, 2.45) is 0 Å². The summed E-state index contributed by atoms with van der Waals surface area (Å²) in [5.74, 6) is 0.0266. The van der Waals surface area contributed by atoms with Crippen LogP contribution in [0.3, 0.4) is 0 Å². The van der Waals surface area contributed by atoms with Gasteiger partial charge in [-0.2, -0.15) is 0 Å². The number of carbonyl (C=O) groups is 2. The molecule has 26 heavy (non-hydrogen) atoms. The number of anilines is 1. The smallest absolute Gasteiger partial charge is 0.338 e. The van der Waals surface area contributed by atoms with Crippen molar-refractivity contribution in [3.63, 3.8) is 0 Å². The maximum atomic E-state index is 12.1. The van der Waals surface area contributed by atoms with Crippen LogP contribution in [0.1, 0.15) is 41.3 Å². The summed E-state index contributed by atoms with van der Waals surface area (Å²) in [6.07, 6.45) is 4.63. The van der Waals surface area contributed by atoms with Crippen LogP contribution in [0.25, 0.3) is 0 Å². The largest absolute Gasteiger partial charge is 0.484 e. The maximum Gasteiger partial charge on any atom is 0.338 e. The normalized spacial score (nSPS) is 12.8. The number of esters is 1. The van der Waals surface area contributed by atoms with Crippen molar-refractivity contribution in [1.82, 2.24) is 0 Å². The van der Waals surface area contributed by atoms with E-state index < -0.39 is 5.97 Å². The predicted molar refractivity (Wildman–Crippen MR) is 99.6 cm³/mol. The molecule has 136 valence electrons. The van der Waals surface area contributed by atoms with Gasteiger partial charge in [0.2, 0.25) is 0 Å². The van der Waals surface area contributed by atoms with E-state index in [-0.39, 0.29) is 12.5 Å². The van der Waals surface area contributed by atoms with Gasteiger partial charge in [0.15, 0.2) is 6.61 Å². The first-order valence-corrected chi connectivity index (χ1v) is 8.97. The van der Waals surface area contributed by atoms with E-state index in [2.05, 4.69) is 11.4 Å². The average Bonchev–Trinajstić information content (AvgIpc) is 2.66. The Kier molecular flexibility index (Phi) is 5.89. The Hall–Kier alpha value is -2.82. The van der Waals surface area contributed by atoms with Crippen molar-refractivity contribution in [1.29, 1.82) is 0 Å². The minimum atomic E-state index is -0.408. The summed E-state index contributed by atoms with van der Waals surface area (Å²) >= 11 is 0. The van der Waals surface area contributed by atoms with E-state index in [4.69, 9.17) is 9.47 Å². The number of fused-ring (bicyclic) bond motifs is 1. The van der Waals surface area contributed by atoms with Crippen molar-refractivity contribution in [3.05, 3.63) is 59.2 Å². The van der Waals surface area contributed by atoms with Gasteiger partial charge < -0.3 is 14.8 Å². The van der Waals surface area contributed by atoms with Crippen LogP contribution in [0.2, 0.25) is 0 Å². The molecule has 0 aromatic heterocycles. The van der Waals surface area contributed by atoms with Crippen molar-refractivity contribution in [3.8, 4) is 5.75 Å². The highest BCUT2D eigenvalue weighted by Gasteiger charge is 2.12. The molecule has 0 heterocycles. The number of nitrogens with one attached hydrogen (secondary N) is 1. The third-order valence-corrected chi connectivity index (χ3v) is 4.35. The van der Waals surface area contributed by atoms with E-state index in [0.29, 0.717) is 23.6 Å². The van der Waals surface area contributed by atoms with Crippen molar-refractivity contribution in [2.45, 2.75) is 32.6 Å². The van der Waals surface area contributed by atoms with Crippen LogP contribution in [0.5, 0.6) is 5.75 Å². The second-order valence-corrected chi connectivity index (χ2v) is 6.28. The second-order valence-electron chi connectivity index (χ2n) is 6.28. The lowest BCUT2D eigenvalue weighted by Crippen LogP contribution is -2.20. The molecule has 2 aromatic rings. The van der Waals surface area contributed by atoms with Crippen molar-refractivity contribution in [2.75, 3.05) is 18.5 Å². The topological polar surface area (TPSA) is 64.6 Å². The SMILES string of the molecule is CCOC(=O)c1cccc(NC(=O)COc2ccc3c(c2)CCCC3)c1. The lowest BCUT2D eigenvalue weighted by atomic mass is 9.92. The van der Waals surface area contributed by atoms with Crippen LogP contribution >= 0.6 is 0 Å². The average molecular weight is 353 g/mol. The number of ether oxygens (including phenoxy) is 2. The van der Waals surface area contributed by atoms with Crippen molar-refractivity contribution < 1.29 is 19.1 Å². The number of carbonyl (C=O) groups excluding carboxylic acids is 2. The monoisotopic (exact) mass is 353 g/mol. The molecule has 1 aliphatic carbocycles. The Labute approximate surface area is 153 Å². The Morgan fingerprint density at radius 2 is 1.85 bits per heavy atom. The first kappa shape index (κ1) is 18.0. The molecular formula is C21H23NO4. The number of benzene rings is 2. The molecule has 2 aromatic carbocycles. The second kappa shape index (κ2) is 8.52. The van der Waals surface area contributed by atoms with E-state index >= 15 is 0 Å². The van der Waals surface area contributed by atoms with Crippen LogP contribution in [0.15, 0.2) is 42.5 Å². The standard InChI is InChI=1S/C21H23NO4/c1-2-25-21(24)17-8-5-9-18(12-17)22-20(23)14-26-19-11-10-15-6-3-4-7-16(15)13-19/h5,8-13H,2-4,6-7,14H2,1H3,(H,22,23). The minimum Gasteiger partial charge on any atom is -0.484 e. The molecule has 0 fully saturated rings. The zero-order valence-corrected chi connectivity index (χ0v) is 14.9. The molecule has 0 unspecified atom stereocenters. The van der Waals surface area contributed by atoms with Gasteiger partial charge in [0.05, 0.1) is 12.2 Å². The summed E-state index contributed by atoms with van der Waals surface area (Å²) in [6, 6.07) is 12.7. The highest BCUT2D eigenvalue weighted by molar-refractivity contribution is 5.95. The first-order valence-electron chi connectivity index (χ1n) is 8.97. The molecule has 1 N–H and O–H groups in total. The van der Waals surface area contributed by atoms with Gasteiger partial charge in [-0.25, -0.2) is 4.79 Å². The van der Waals surface area contributed by atoms with Crippen molar-refractivity contribution >= 4 is 17.6 Å². The third-order valence-electron chi connectivity index (χ3n) is 4.35. The molecule has 0 aliphatic heterocycles. The van der Waals surface area contributed by atoms with E-state index in [1.807, 2.05) is 12.1 Å². The highest BCUT2D eigenvalue weighted by atomic mass is 16.5. The third kappa shape index (κ3) is 4.63. The minimum absolute atomic E-state index is 0.0809. The maximum absolute atomic E-state index is 12.1. The van der Waals surface area contributed by atoms with E-state index in [9.17, 15) is 9.59 Å². The van der Waals surface area contributed by atoms with E-state index in [1.165, 1.54) is 24.0 Å². The molecule has 0 radical (unpaired) electrons. The zero-order valence-electron chi connectivity index (χ0n) is 14.9. The predicted octanol–water partition coefficient (Wildman–Crippen LogP) is 3.76. The Balaban J connectivity index is 1.56. The number of aryl methyl sites for hydroxylation is 2. The molecule has 1 amide bonds. The lowest BCUT2D eigenvalue weighted by Gasteiger charge is -2.16. The molecular weight excluding hydrogens is 330 g/mol. The van der Waals surface area contributed by atoms with Gasteiger partial charge in [-0.1, -0.05) is 12.1 Å². The molecule has 0 atom stereocenters. The van der Waals surface area contributed by atoms with Gasteiger partial charge in [-0.15, -0.1) is 0 Å². The van der Waals surface area contributed by atoms with Gasteiger partial charge in [0, 0.05) is 5.69 Å². The Morgan fingerprint density at radius 3 is 2.65 bits per heavy atom. The lowest BCUT2D eigenvalue weighted by molar-refractivity contribution is -0.118. The summed E-state index contributed by atoms with van der Waals surface area (Å²) < 4.78 is 10.6. The van der Waals surface area contributed by atoms with Gasteiger partial charge in [-0.3, -0.25) is 4.79 Å². The molecule has 5 nitrogen and oxygen atoms in total. The summed E-state index contributed by atoms with van der Waals surface area (Å²) in [5, 5.41) is 2.74. The van der Waals surface area contributed by atoms with Gasteiger partial charge in [-0.05, 0) is 74.1 Å². The van der Waals surface area contributed by atoms with Gasteiger partial charge in [0.1, 0.15) is 5.75 Å². The molecule has 1 aliphatic rings. The van der Waals surface area contributed by atoms with Crippen LogP contribution in [0, 0.1) is 0 Å². The van der Waals surface area contributed by atoms with Crippen LogP contribution in [0.4, 0.5) is 5.69 Å². The summed E-state index contributed by atoms with van der Waals surface area (Å²) in [6.45, 7) is 1.98.